The van der Waals surface area contributed by atoms with Gasteiger partial charge in [0, 0.05) is 48.8 Å². The molecule has 0 aliphatic rings. The minimum atomic E-state index is -0.0885. The van der Waals surface area contributed by atoms with Crippen LogP contribution in [0.1, 0.15) is 52.0 Å². The maximum atomic E-state index is 12.3. The first-order valence-electron chi connectivity index (χ1n) is 9.60. The van der Waals surface area contributed by atoms with Crippen LogP contribution in [0.3, 0.4) is 0 Å². The summed E-state index contributed by atoms with van der Waals surface area (Å²) < 4.78 is 10.3. The summed E-state index contributed by atoms with van der Waals surface area (Å²) in [7, 11) is 1.56. The molecule has 0 fully saturated rings. The van der Waals surface area contributed by atoms with E-state index in [4.69, 9.17) is 9.47 Å². The molecule has 1 aromatic heterocycles. The summed E-state index contributed by atoms with van der Waals surface area (Å²) in [5.74, 6) is 0.591. The summed E-state index contributed by atoms with van der Waals surface area (Å²) >= 11 is 0. The summed E-state index contributed by atoms with van der Waals surface area (Å²) in [6.45, 7) is 8.27. The topological polar surface area (TPSA) is 80.4 Å². The van der Waals surface area contributed by atoms with E-state index in [2.05, 4.69) is 24.1 Å². The highest BCUT2D eigenvalue weighted by Gasteiger charge is 2.07. The standard InChI is InChI=1S/C15H18N2O3.C6H14O/c1-3-4-14(18)17-9-10-8-16-13-6-5-11(20-2)7-12(13)15(10)19;1-3-5-7-6-4-2/h5-8H,3-4,9H2,1-2H3,(H,16,19)(H,17,18);3-6H2,1-2H3. The second kappa shape index (κ2) is 12.9. The van der Waals surface area contributed by atoms with Crippen molar-refractivity contribution in [2.24, 2.45) is 0 Å². The van der Waals surface area contributed by atoms with Gasteiger partial charge in [-0.3, -0.25) is 9.59 Å². The van der Waals surface area contributed by atoms with E-state index < -0.39 is 0 Å². The maximum Gasteiger partial charge on any atom is 0.220 e. The van der Waals surface area contributed by atoms with E-state index in [9.17, 15) is 9.59 Å². The van der Waals surface area contributed by atoms with Crippen molar-refractivity contribution in [1.82, 2.24) is 10.3 Å². The monoisotopic (exact) mass is 376 g/mol. The Morgan fingerprint density at radius 1 is 1.11 bits per heavy atom. The zero-order chi connectivity index (χ0) is 20.1. The smallest absolute Gasteiger partial charge is 0.220 e. The Morgan fingerprint density at radius 3 is 2.41 bits per heavy atom. The minimum Gasteiger partial charge on any atom is -0.497 e. The number of benzene rings is 1. The molecule has 6 heteroatoms. The Kier molecular flexibility index (Phi) is 10.9. The molecular weight excluding hydrogens is 344 g/mol. The van der Waals surface area contributed by atoms with Crippen molar-refractivity contribution in [1.29, 1.82) is 0 Å². The van der Waals surface area contributed by atoms with Crippen LogP contribution >= 0.6 is 0 Å². The van der Waals surface area contributed by atoms with E-state index in [-0.39, 0.29) is 17.9 Å². The van der Waals surface area contributed by atoms with Gasteiger partial charge in [-0.15, -0.1) is 0 Å². The van der Waals surface area contributed by atoms with Gasteiger partial charge in [0.05, 0.1) is 7.11 Å². The van der Waals surface area contributed by atoms with Gasteiger partial charge in [-0.25, -0.2) is 0 Å². The van der Waals surface area contributed by atoms with Gasteiger partial charge in [-0.1, -0.05) is 20.8 Å². The third-order valence-corrected chi connectivity index (χ3v) is 3.81. The molecule has 0 aliphatic carbocycles. The number of methoxy groups -OCH3 is 1. The van der Waals surface area contributed by atoms with Crippen LogP contribution in [-0.2, 0) is 16.1 Å². The van der Waals surface area contributed by atoms with Crippen LogP contribution in [-0.4, -0.2) is 31.2 Å². The van der Waals surface area contributed by atoms with E-state index >= 15 is 0 Å². The summed E-state index contributed by atoms with van der Waals surface area (Å²) in [5, 5.41) is 3.31. The second-order valence-corrected chi connectivity index (χ2v) is 6.19. The lowest BCUT2D eigenvalue weighted by Gasteiger charge is -2.06. The zero-order valence-electron chi connectivity index (χ0n) is 16.9. The molecule has 0 spiro atoms. The number of aromatic nitrogens is 1. The van der Waals surface area contributed by atoms with Crippen molar-refractivity contribution in [2.75, 3.05) is 20.3 Å². The van der Waals surface area contributed by atoms with Crippen molar-refractivity contribution in [3.63, 3.8) is 0 Å². The third-order valence-electron chi connectivity index (χ3n) is 3.81. The van der Waals surface area contributed by atoms with E-state index in [0.29, 0.717) is 23.1 Å². The number of rotatable bonds is 9. The number of aromatic amines is 1. The van der Waals surface area contributed by atoms with E-state index in [1.165, 1.54) is 0 Å². The molecule has 0 unspecified atom stereocenters. The Hall–Kier alpha value is -2.34. The van der Waals surface area contributed by atoms with Gasteiger partial charge in [0.2, 0.25) is 5.91 Å². The number of hydrogen-bond donors (Lipinski definition) is 2. The van der Waals surface area contributed by atoms with Crippen LogP contribution in [0.15, 0.2) is 29.2 Å². The number of amides is 1. The number of H-pyrrole nitrogens is 1. The summed E-state index contributed by atoms with van der Waals surface area (Å²) in [6.07, 6.45) is 5.18. The lowest BCUT2D eigenvalue weighted by molar-refractivity contribution is -0.121. The number of pyridine rings is 1. The molecule has 0 atom stereocenters. The summed E-state index contributed by atoms with van der Waals surface area (Å²) in [4.78, 5) is 26.8. The fraction of sp³-hybridized carbons (Fsp3) is 0.524. The quantitative estimate of drug-likeness (QED) is 0.653. The molecular formula is C21H32N2O4. The lowest BCUT2D eigenvalue weighted by Crippen LogP contribution is -2.25. The first-order chi connectivity index (χ1) is 13.1. The highest BCUT2D eigenvalue weighted by molar-refractivity contribution is 5.80. The molecule has 1 heterocycles. The molecule has 1 aromatic carbocycles. The van der Waals surface area contributed by atoms with Gasteiger partial charge in [0.1, 0.15) is 5.75 Å². The number of carbonyl (C=O) groups excluding carboxylic acids is 1. The van der Waals surface area contributed by atoms with Crippen LogP contribution < -0.4 is 15.5 Å². The number of nitrogens with one attached hydrogen (secondary N) is 2. The predicted octanol–water partition coefficient (Wildman–Crippen LogP) is 3.78. The van der Waals surface area contributed by atoms with Crippen molar-refractivity contribution in [3.05, 3.63) is 40.2 Å². The van der Waals surface area contributed by atoms with Crippen LogP contribution in [0.25, 0.3) is 10.9 Å². The Labute approximate surface area is 161 Å². The number of hydrogen-bond acceptors (Lipinski definition) is 4. The van der Waals surface area contributed by atoms with Crippen molar-refractivity contribution in [3.8, 4) is 5.75 Å². The molecule has 6 nitrogen and oxygen atoms in total. The van der Waals surface area contributed by atoms with E-state index in [0.717, 1.165) is 38.0 Å². The number of carbonyl (C=O) groups is 1. The van der Waals surface area contributed by atoms with Gasteiger partial charge in [0.25, 0.3) is 0 Å². The molecule has 0 radical (unpaired) electrons. The van der Waals surface area contributed by atoms with Crippen LogP contribution in [0.2, 0.25) is 0 Å². The fourth-order valence-corrected chi connectivity index (χ4v) is 2.40. The fourth-order valence-electron chi connectivity index (χ4n) is 2.40. The molecule has 27 heavy (non-hydrogen) atoms. The van der Waals surface area contributed by atoms with Gasteiger partial charge in [-0.2, -0.15) is 0 Å². The minimum absolute atomic E-state index is 0.0439. The van der Waals surface area contributed by atoms with Crippen LogP contribution in [0.5, 0.6) is 5.75 Å². The first-order valence-corrected chi connectivity index (χ1v) is 9.60. The summed E-state index contributed by atoms with van der Waals surface area (Å²) in [6, 6.07) is 5.29. The largest absolute Gasteiger partial charge is 0.497 e. The first kappa shape index (κ1) is 22.7. The normalized spacial score (nSPS) is 10.2. The molecule has 0 saturated carbocycles. The molecule has 2 N–H and O–H groups in total. The Balaban J connectivity index is 0.000000445. The molecule has 150 valence electrons. The lowest BCUT2D eigenvalue weighted by atomic mass is 10.1. The van der Waals surface area contributed by atoms with Crippen LogP contribution in [0, 0.1) is 0 Å². The molecule has 2 rings (SSSR count). The third kappa shape index (κ3) is 7.83. The average Bonchev–Trinajstić information content (AvgIpc) is 2.68. The molecule has 0 aliphatic heterocycles. The molecule has 0 bridgehead atoms. The highest BCUT2D eigenvalue weighted by atomic mass is 16.5. The van der Waals surface area contributed by atoms with Crippen molar-refractivity contribution in [2.45, 2.75) is 53.0 Å². The van der Waals surface area contributed by atoms with Gasteiger partial charge in [-0.05, 0) is 37.5 Å². The van der Waals surface area contributed by atoms with Gasteiger partial charge >= 0.3 is 0 Å². The van der Waals surface area contributed by atoms with Crippen molar-refractivity contribution < 1.29 is 14.3 Å². The SMILES string of the molecule is CCCC(=O)NCc1c[nH]c2ccc(OC)cc2c1=O.CCCOCCC. The maximum absolute atomic E-state index is 12.3. The average molecular weight is 376 g/mol. The highest BCUT2D eigenvalue weighted by Crippen LogP contribution is 2.16. The Morgan fingerprint density at radius 2 is 1.81 bits per heavy atom. The zero-order valence-corrected chi connectivity index (χ0v) is 16.9. The van der Waals surface area contributed by atoms with Crippen LogP contribution in [0.4, 0.5) is 0 Å². The van der Waals surface area contributed by atoms with Gasteiger partial charge in [0.15, 0.2) is 5.43 Å². The van der Waals surface area contributed by atoms with E-state index in [1.807, 2.05) is 6.92 Å². The molecule has 1 amide bonds. The predicted molar refractivity (Wildman–Crippen MR) is 109 cm³/mol. The number of ether oxygens (including phenoxy) is 2. The van der Waals surface area contributed by atoms with Gasteiger partial charge < -0.3 is 19.8 Å². The summed E-state index contributed by atoms with van der Waals surface area (Å²) in [5.41, 5.74) is 1.20. The van der Waals surface area contributed by atoms with E-state index in [1.54, 1.807) is 31.5 Å². The second-order valence-electron chi connectivity index (χ2n) is 6.19. The molecule has 0 saturated heterocycles. The Bertz CT molecular complexity index is 751. The number of fused-ring (bicyclic) bond motifs is 1. The van der Waals surface area contributed by atoms with Crippen molar-refractivity contribution >= 4 is 16.8 Å². The molecule has 2 aromatic rings.